The van der Waals surface area contributed by atoms with Crippen molar-refractivity contribution in [3.63, 3.8) is 0 Å². The fourth-order valence-corrected chi connectivity index (χ4v) is 3.48. The largest absolute Gasteiger partial charge is 0.490 e. The number of unbranched alkanes of at least 4 members (excludes halogenated alkanes) is 1. The number of aromatic nitrogens is 2. The first kappa shape index (κ1) is 26.5. The normalized spacial score (nSPS) is 16.1. The van der Waals surface area contributed by atoms with Crippen LogP contribution in [-0.2, 0) is 17.8 Å². The number of nitrogens with one attached hydrogen (secondary N) is 2. The van der Waals surface area contributed by atoms with Gasteiger partial charge in [0.25, 0.3) is 5.56 Å². The molecule has 33 heavy (non-hydrogen) atoms. The molecular formula is C23H31F3N4O3. The molecule has 182 valence electrons. The van der Waals surface area contributed by atoms with Crippen LogP contribution in [0.25, 0.3) is 11.4 Å². The van der Waals surface area contributed by atoms with Crippen LogP contribution in [0.5, 0.6) is 0 Å². The van der Waals surface area contributed by atoms with Gasteiger partial charge in [-0.3, -0.25) is 9.69 Å². The quantitative estimate of drug-likeness (QED) is 0.599. The summed E-state index contributed by atoms with van der Waals surface area (Å²) < 4.78 is 31.7. The summed E-state index contributed by atoms with van der Waals surface area (Å²) in [5.74, 6) is -2.09. The van der Waals surface area contributed by atoms with E-state index in [4.69, 9.17) is 9.90 Å². The first-order chi connectivity index (χ1) is 15.4. The fourth-order valence-electron chi connectivity index (χ4n) is 3.48. The van der Waals surface area contributed by atoms with Gasteiger partial charge >= 0.3 is 12.1 Å². The molecule has 1 saturated heterocycles. The minimum absolute atomic E-state index is 0.0743. The van der Waals surface area contributed by atoms with Crippen molar-refractivity contribution in [3.05, 3.63) is 51.9 Å². The molecule has 0 bridgehead atoms. The Labute approximate surface area is 191 Å². The van der Waals surface area contributed by atoms with Gasteiger partial charge in [0.2, 0.25) is 0 Å². The third kappa shape index (κ3) is 8.29. The lowest BCUT2D eigenvalue weighted by Gasteiger charge is -2.43. The van der Waals surface area contributed by atoms with Crippen LogP contribution in [0.1, 0.15) is 44.9 Å². The van der Waals surface area contributed by atoms with Crippen LogP contribution in [-0.4, -0.2) is 57.3 Å². The number of carbonyl (C=O) groups is 1. The number of H-pyrrole nitrogens is 1. The van der Waals surface area contributed by atoms with E-state index in [0.717, 1.165) is 56.7 Å². The minimum Gasteiger partial charge on any atom is -0.475 e. The highest BCUT2D eigenvalue weighted by Crippen LogP contribution is 2.22. The molecule has 0 saturated carbocycles. The molecule has 1 aliphatic rings. The van der Waals surface area contributed by atoms with E-state index in [1.54, 1.807) is 6.07 Å². The second-order valence-corrected chi connectivity index (χ2v) is 8.60. The summed E-state index contributed by atoms with van der Waals surface area (Å²) >= 11 is 0. The van der Waals surface area contributed by atoms with Crippen LogP contribution in [0.4, 0.5) is 13.2 Å². The summed E-state index contributed by atoms with van der Waals surface area (Å²) in [4.78, 5) is 31.0. The van der Waals surface area contributed by atoms with Crippen LogP contribution < -0.4 is 10.9 Å². The van der Waals surface area contributed by atoms with Crippen LogP contribution in [0.15, 0.2) is 35.1 Å². The molecule has 1 fully saturated rings. The van der Waals surface area contributed by atoms with Gasteiger partial charge in [0.15, 0.2) is 0 Å². The predicted octanol–water partition coefficient (Wildman–Crippen LogP) is 3.60. The number of hydrogen-bond donors (Lipinski definition) is 3. The molecule has 0 spiro atoms. The second-order valence-electron chi connectivity index (χ2n) is 8.60. The molecular weight excluding hydrogens is 437 g/mol. The van der Waals surface area contributed by atoms with Gasteiger partial charge in [-0.15, -0.1) is 0 Å². The van der Waals surface area contributed by atoms with Crippen LogP contribution in [0.3, 0.4) is 0 Å². The maximum absolute atomic E-state index is 12.0. The summed E-state index contributed by atoms with van der Waals surface area (Å²) in [6.07, 6.45) is -2.09. The Morgan fingerprint density at radius 3 is 2.58 bits per heavy atom. The highest BCUT2D eigenvalue weighted by atomic mass is 19.4. The Bertz CT molecular complexity index is 989. The Morgan fingerprint density at radius 2 is 1.97 bits per heavy atom. The van der Waals surface area contributed by atoms with Gasteiger partial charge in [-0.1, -0.05) is 31.5 Å². The second kappa shape index (κ2) is 11.4. The van der Waals surface area contributed by atoms with Crippen molar-refractivity contribution < 1.29 is 23.1 Å². The maximum atomic E-state index is 12.0. The summed E-state index contributed by atoms with van der Waals surface area (Å²) in [6.45, 7) is 10.7. The number of benzene rings is 1. The standard InChI is InChI=1S/C21H30N4O.C2HF3O2/c1-4-5-9-18-13-19(26)24-20(23-18)17-8-6-7-16(12-17)14-25-11-10-22-15-21(25,2)3;3-2(4,5)1(6)7/h6-8,12-13,22H,4-5,9-11,14-15H2,1-3H3,(H,23,24,26);(H,6,7). The van der Waals surface area contributed by atoms with Crippen molar-refractivity contribution >= 4 is 5.97 Å². The van der Waals surface area contributed by atoms with Crippen molar-refractivity contribution in [1.29, 1.82) is 0 Å². The van der Waals surface area contributed by atoms with Gasteiger partial charge in [0.1, 0.15) is 5.82 Å². The van der Waals surface area contributed by atoms with Gasteiger partial charge < -0.3 is 15.4 Å². The van der Waals surface area contributed by atoms with Gasteiger partial charge in [-0.25, -0.2) is 9.78 Å². The molecule has 10 heteroatoms. The van der Waals surface area contributed by atoms with E-state index in [2.05, 4.69) is 59.2 Å². The Kier molecular flexibility index (Phi) is 9.18. The average Bonchev–Trinajstić information content (AvgIpc) is 2.73. The number of nitrogens with zero attached hydrogens (tertiary/aromatic N) is 2. The lowest BCUT2D eigenvalue weighted by molar-refractivity contribution is -0.192. The number of alkyl halides is 3. The molecule has 1 aliphatic heterocycles. The summed E-state index contributed by atoms with van der Waals surface area (Å²) in [7, 11) is 0. The van der Waals surface area contributed by atoms with E-state index >= 15 is 0 Å². The SMILES string of the molecule is CCCCc1cc(=O)[nH]c(-c2cccc(CN3CCNCC3(C)C)c2)n1.O=C(O)C(F)(F)F. The Balaban J connectivity index is 0.000000479. The number of carboxylic acid groups (broad SMARTS) is 1. The maximum Gasteiger partial charge on any atom is 0.490 e. The zero-order chi connectivity index (χ0) is 24.6. The molecule has 7 nitrogen and oxygen atoms in total. The Hall–Kier alpha value is -2.72. The highest BCUT2D eigenvalue weighted by molar-refractivity contribution is 5.73. The van der Waals surface area contributed by atoms with Gasteiger partial charge in [0.05, 0.1) is 0 Å². The fraction of sp³-hybridized carbons (Fsp3) is 0.522. The number of halogens is 3. The van der Waals surface area contributed by atoms with E-state index in [1.807, 2.05) is 6.07 Å². The highest BCUT2D eigenvalue weighted by Gasteiger charge is 2.38. The molecule has 0 unspecified atom stereocenters. The number of aryl methyl sites for hydroxylation is 1. The van der Waals surface area contributed by atoms with E-state index in [9.17, 15) is 18.0 Å². The van der Waals surface area contributed by atoms with Gasteiger partial charge in [-0.05, 0) is 38.3 Å². The third-order valence-corrected chi connectivity index (χ3v) is 5.37. The van der Waals surface area contributed by atoms with Crippen LogP contribution in [0, 0.1) is 0 Å². The summed E-state index contributed by atoms with van der Waals surface area (Å²) in [5.41, 5.74) is 3.17. The molecule has 0 atom stereocenters. The van der Waals surface area contributed by atoms with Crippen LogP contribution >= 0.6 is 0 Å². The van der Waals surface area contributed by atoms with Crippen molar-refractivity contribution in [3.8, 4) is 11.4 Å². The summed E-state index contributed by atoms with van der Waals surface area (Å²) in [5, 5.41) is 10.6. The number of hydrogen-bond acceptors (Lipinski definition) is 5. The minimum atomic E-state index is -5.08. The first-order valence-electron chi connectivity index (χ1n) is 10.9. The zero-order valence-electron chi connectivity index (χ0n) is 19.1. The smallest absolute Gasteiger partial charge is 0.475 e. The van der Waals surface area contributed by atoms with Crippen molar-refractivity contribution in [2.75, 3.05) is 19.6 Å². The average molecular weight is 469 g/mol. The van der Waals surface area contributed by atoms with Gasteiger partial charge in [-0.2, -0.15) is 13.2 Å². The number of piperazine rings is 1. The van der Waals surface area contributed by atoms with Gasteiger partial charge in [0, 0.05) is 49.0 Å². The molecule has 3 N–H and O–H groups in total. The Morgan fingerprint density at radius 1 is 1.27 bits per heavy atom. The number of aliphatic carboxylic acids is 1. The molecule has 3 rings (SSSR count). The van der Waals surface area contributed by atoms with E-state index in [-0.39, 0.29) is 11.1 Å². The molecule has 1 aromatic heterocycles. The number of rotatable bonds is 6. The zero-order valence-corrected chi connectivity index (χ0v) is 19.1. The lowest BCUT2D eigenvalue weighted by Crippen LogP contribution is -2.57. The first-order valence-corrected chi connectivity index (χ1v) is 10.9. The molecule has 0 amide bonds. The summed E-state index contributed by atoms with van der Waals surface area (Å²) in [6, 6.07) is 10.00. The topological polar surface area (TPSA) is 98.3 Å². The van der Waals surface area contributed by atoms with E-state index < -0.39 is 12.1 Å². The molecule has 0 aliphatic carbocycles. The van der Waals surface area contributed by atoms with E-state index in [0.29, 0.717) is 5.82 Å². The molecule has 0 radical (unpaired) electrons. The van der Waals surface area contributed by atoms with Crippen molar-refractivity contribution in [1.82, 2.24) is 20.2 Å². The monoisotopic (exact) mass is 468 g/mol. The van der Waals surface area contributed by atoms with Crippen molar-refractivity contribution in [2.24, 2.45) is 0 Å². The number of carboxylic acids is 1. The molecule has 2 heterocycles. The molecule has 1 aromatic carbocycles. The predicted molar refractivity (Wildman–Crippen MR) is 120 cm³/mol. The molecule has 2 aromatic rings. The number of aromatic amines is 1. The van der Waals surface area contributed by atoms with Crippen molar-refractivity contribution in [2.45, 2.75) is 58.3 Å². The van der Waals surface area contributed by atoms with E-state index in [1.165, 1.54) is 5.56 Å². The lowest BCUT2D eigenvalue weighted by atomic mass is 9.98. The van der Waals surface area contributed by atoms with Crippen LogP contribution in [0.2, 0.25) is 0 Å². The third-order valence-electron chi connectivity index (χ3n) is 5.37.